The van der Waals surface area contributed by atoms with Crippen molar-refractivity contribution in [2.45, 2.75) is 23.6 Å². The van der Waals surface area contributed by atoms with E-state index in [1.807, 2.05) is 36.4 Å². The zero-order valence-corrected chi connectivity index (χ0v) is 16.9. The topological polar surface area (TPSA) is 71.0 Å². The molecule has 0 aliphatic carbocycles. The molecular formula is C22H23N5OS. The number of rotatable bonds is 6. The van der Waals surface area contributed by atoms with Crippen LogP contribution in [0.2, 0.25) is 0 Å². The molecule has 7 heteroatoms. The molecule has 0 radical (unpaired) electrons. The lowest BCUT2D eigenvalue weighted by Gasteiger charge is -2.32. The number of carbonyl (C=O) groups is 1. The summed E-state index contributed by atoms with van der Waals surface area (Å²) < 4.78 is 0. The SMILES string of the molecule is O=C(Nc1cccc(CSc2ccccn2)c1)C1CCCN(c2cnccn2)C1. The minimum absolute atomic E-state index is 0.0580. The van der Waals surface area contributed by atoms with Crippen LogP contribution in [0.15, 0.2) is 72.3 Å². The molecule has 1 aliphatic heterocycles. The molecule has 1 aliphatic rings. The van der Waals surface area contributed by atoms with Crippen molar-refractivity contribution < 1.29 is 4.79 Å². The molecule has 2 aromatic heterocycles. The molecule has 3 aromatic rings. The van der Waals surface area contributed by atoms with Gasteiger partial charge in [-0.05, 0) is 42.7 Å². The van der Waals surface area contributed by atoms with Crippen LogP contribution in [0, 0.1) is 5.92 Å². The fourth-order valence-electron chi connectivity index (χ4n) is 3.43. The fraction of sp³-hybridized carbons (Fsp3) is 0.273. The Morgan fingerprint density at radius 3 is 2.93 bits per heavy atom. The van der Waals surface area contributed by atoms with Crippen LogP contribution in [-0.2, 0) is 10.5 Å². The predicted molar refractivity (Wildman–Crippen MR) is 116 cm³/mol. The second-order valence-electron chi connectivity index (χ2n) is 7.00. The van der Waals surface area contributed by atoms with E-state index in [1.54, 1.807) is 36.5 Å². The lowest BCUT2D eigenvalue weighted by molar-refractivity contribution is -0.120. The second-order valence-corrected chi connectivity index (χ2v) is 7.99. The van der Waals surface area contributed by atoms with Gasteiger partial charge in [-0.3, -0.25) is 9.78 Å². The van der Waals surface area contributed by atoms with Gasteiger partial charge >= 0.3 is 0 Å². The van der Waals surface area contributed by atoms with E-state index in [2.05, 4.69) is 31.2 Å². The number of pyridine rings is 1. The summed E-state index contributed by atoms with van der Waals surface area (Å²) in [5.41, 5.74) is 1.99. The number of nitrogens with one attached hydrogen (secondary N) is 1. The van der Waals surface area contributed by atoms with Gasteiger partial charge in [-0.2, -0.15) is 0 Å². The minimum Gasteiger partial charge on any atom is -0.355 e. The zero-order chi connectivity index (χ0) is 19.9. The van der Waals surface area contributed by atoms with Crippen molar-refractivity contribution in [3.8, 4) is 0 Å². The van der Waals surface area contributed by atoms with Gasteiger partial charge in [-0.1, -0.05) is 18.2 Å². The normalized spacial score (nSPS) is 16.4. The average molecular weight is 406 g/mol. The number of piperidine rings is 1. The number of anilines is 2. The quantitative estimate of drug-likeness (QED) is 0.625. The van der Waals surface area contributed by atoms with E-state index in [1.165, 1.54) is 0 Å². The van der Waals surface area contributed by atoms with Crippen LogP contribution < -0.4 is 10.2 Å². The molecule has 1 aromatic carbocycles. The molecule has 1 atom stereocenters. The van der Waals surface area contributed by atoms with Gasteiger partial charge < -0.3 is 10.2 Å². The molecule has 148 valence electrons. The zero-order valence-electron chi connectivity index (χ0n) is 16.1. The third kappa shape index (κ3) is 5.32. The van der Waals surface area contributed by atoms with Gasteiger partial charge in [0, 0.05) is 43.1 Å². The molecule has 4 rings (SSSR count). The molecule has 1 fully saturated rings. The number of nitrogens with zero attached hydrogens (tertiary/aromatic N) is 4. The molecule has 0 spiro atoms. The van der Waals surface area contributed by atoms with Crippen molar-refractivity contribution in [3.05, 3.63) is 72.8 Å². The van der Waals surface area contributed by atoms with Gasteiger partial charge in [-0.25, -0.2) is 9.97 Å². The summed E-state index contributed by atoms with van der Waals surface area (Å²) in [5, 5.41) is 4.09. The second kappa shape index (κ2) is 9.52. The molecule has 1 amide bonds. The molecule has 1 N–H and O–H groups in total. The molecule has 0 saturated carbocycles. The highest BCUT2D eigenvalue weighted by molar-refractivity contribution is 7.98. The van der Waals surface area contributed by atoms with E-state index < -0.39 is 0 Å². The Kier molecular flexibility index (Phi) is 6.36. The van der Waals surface area contributed by atoms with Crippen molar-refractivity contribution >= 4 is 29.2 Å². The number of thioether (sulfide) groups is 1. The Balaban J connectivity index is 1.35. The van der Waals surface area contributed by atoms with Crippen LogP contribution in [-0.4, -0.2) is 33.9 Å². The van der Waals surface area contributed by atoms with E-state index in [9.17, 15) is 4.79 Å². The summed E-state index contributed by atoms with van der Waals surface area (Å²) >= 11 is 1.68. The monoisotopic (exact) mass is 405 g/mol. The van der Waals surface area contributed by atoms with Crippen LogP contribution in [0.1, 0.15) is 18.4 Å². The first-order valence-corrected chi connectivity index (χ1v) is 10.7. The van der Waals surface area contributed by atoms with Crippen molar-refractivity contribution in [3.63, 3.8) is 0 Å². The molecule has 6 nitrogen and oxygen atoms in total. The Morgan fingerprint density at radius 2 is 2.10 bits per heavy atom. The average Bonchev–Trinajstić information content (AvgIpc) is 2.79. The van der Waals surface area contributed by atoms with Gasteiger partial charge in [0.2, 0.25) is 5.91 Å². The van der Waals surface area contributed by atoms with E-state index >= 15 is 0 Å². The number of aromatic nitrogens is 3. The van der Waals surface area contributed by atoms with E-state index in [4.69, 9.17) is 0 Å². The highest BCUT2D eigenvalue weighted by Gasteiger charge is 2.26. The van der Waals surface area contributed by atoms with Crippen LogP contribution in [0.3, 0.4) is 0 Å². The van der Waals surface area contributed by atoms with Gasteiger partial charge in [0.05, 0.1) is 17.1 Å². The van der Waals surface area contributed by atoms with Crippen LogP contribution in [0.4, 0.5) is 11.5 Å². The van der Waals surface area contributed by atoms with Crippen molar-refractivity contribution in [1.29, 1.82) is 0 Å². The molecule has 3 heterocycles. The summed E-state index contributed by atoms with van der Waals surface area (Å²) in [6, 6.07) is 13.9. The third-order valence-electron chi connectivity index (χ3n) is 4.88. The number of carbonyl (C=O) groups excluding carboxylic acids is 1. The highest BCUT2D eigenvalue weighted by atomic mass is 32.2. The van der Waals surface area contributed by atoms with Gasteiger partial charge in [-0.15, -0.1) is 11.8 Å². The Morgan fingerprint density at radius 1 is 1.14 bits per heavy atom. The van der Waals surface area contributed by atoms with Crippen LogP contribution in [0.5, 0.6) is 0 Å². The first kappa shape index (κ1) is 19.4. The maximum Gasteiger partial charge on any atom is 0.229 e. The smallest absolute Gasteiger partial charge is 0.229 e. The Hall–Kier alpha value is -2.93. The first-order chi connectivity index (χ1) is 14.3. The van der Waals surface area contributed by atoms with Crippen LogP contribution in [0.25, 0.3) is 0 Å². The van der Waals surface area contributed by atoms with Gasteiger partial charge in [0.25, 0.3) is 0 Å². The minimum atomic E-state index is -0.0580. The molecule has 1 unspecified atom stereocenters. The fourth-order valence-corrected chi connectivity index (χ4v) is 4.23. The van der Waals surface area contributed by atoms with Crippen molar-refractivity contribution in [2.75, 3.05) is 23.3 Å². The Bertz CT molecular complexity index is 938. The molecular weight excluding hydrogens is 382 g/mol. The lowest BCUT2D eigenvalue weighted by atomic mass is 9.97. The van der Waals surface area contributed by atoms with E-state index in [0.29, 0.717) is 6.54 Å². The maximum absolute atomic E-state index is 12.8. The summed E-state index contributed by atoms with van der Waals surface area (Å²) in [4.78, 5) is 27.8. The van der Waals surface area contributed by atoms with Crippen molar-refractivity contribution in [2.24, 2.45) is 5.92 Å². The number of amides is 1. The van der Waals surface area contributed by atoms with Crippen LogP contribution >= 0.6 is 11.8 Å². The lowest BCUT2D eigenvalue weighted by Crippen LogP contribution is -2.41. The van der Waals surface area contributed by atoms with E-state index in [-0.39, 0.29) is 11.8 Å². The molecule has 29 heavy (non-hydrogen) atoms. The van der Waals surface area contributed by atoms with Gasteiger partial charge in [0.15, 0.2) is 0 Å². The van der Waals surface area contributed by atoms with E-state index in [0.717, 1.165) is 47.2 Å². The predicted octanol–water partition coefficient (Wildman–Crippen LogP) is 4.02. The molecule has 1 saturated heterocycles. The highest BCUT2D eigenvalue weighted by Crippen LogP contribution is 2.24. The third-order valence-corrected chi connectivity index (χ3v) is 5.90. The maximum atomic E-state index is 12.8. The number of hydrogen-bond donors (Lipinski definition) is 1. The first-order valence-electron chi connectivity index (χ1n) is 9.72. The standard InChI is InChI=1S/C22H23N5OS/c28-22(18-6-4-12-27(15-18)20-14-23-10-11-24-20)26-19-7-3-5-17(13-19)16-29-21-8-1-2-9-25-21/h1-3,5,7-11,13-14,18H,4,6,12,15-16H2,(H,26,28). The summed E-state index contributed by atoms with van der Waals surface area (Å²) in [7, 11) is 0. The summed E-state index contributed by atoms with van der Waals surface area (Å²) in [6.07, 6.45) is 8.76. The summed E-state index contributed by atoms with van der Waals surface area (Å²) in [6.45, 7) is 1.57. The molecule has 0 bridgehead atoms. The Labute approximate surface area is 174 Å². The number of hydrogen-bond acceptors (Lipinski definition) is 6. The number of benzene rings is 1. The largest absolute Gasteiger partial charge is 0.355 e. The van der Waals surface area contributed by atoms with Crippen molar-refractivity contribution in [1.82, 2.24) is 15.0 Å². The summed E-state index contributed by atoms with van der Waals surface area (Å²) in [5.74, 6) is 1.65. The van der Waals surface area contributed by atoms with Gasteiger partial charge in [0.1, 0.15) is 5.82 Å².